The first-order valence-electron chi connectivity index (χ1n) is 11.9. The number of benzene rings is 2. The van der Waals surface area contributed by atoms with E-state index in [0.717, 1.165) is 67.6 Å². The molecule has 2 aliphatic heterocycles. The quantitative estimate of drug-likeness (QED) is 0.376. The molecule has 1 saturated heterocycles. The van der Waals surface area contributed by atoms with Gasteiger partial charge in [-0.1, -0.05) is 18.2 Å². The fourth-order valence-corrected chi connectivity index (χ4v) is 5.21. The van der Waals surface area contributed by atoms with Crippen molar-refractivity contribution in [3.63, 3.8) is 0 Å². The molecule has 4 aromatic rings. The average molecular weight is 471 g/mol. The lowest BCUT2D eigenvalue weighted by Gasteiger charge is -2.26. The highest BCUT2D eigenvalue weighted by atomic mass is 16.5. The number of hydrogen-bond donors (Lipinski definition) is 3. The molecule has 2 aliphatic rings. The molecule has 0 radical (unpaired) electrons. The number of aromatic amines is 1. The number of phenols is 1. The first-order valence-corrected chi connectivity index (χ1v) is 11.9. The zero-order chi connectivity index (χ0) is 23.9. The number of phenolic OH excluding ortho intramolecular Hbond substituents is 1. The van der Waals surface area contributed by atoms with Crippen LogP contribution in [0.3, 0.4) is 0 Å². The summed E-state index contributed by atoms with van der Waals surface area (Å²) in [4.78, 5) is 31.7. The van der Waals surface area contributed by atoms with Crippen LogP contribution in [0, 0.1) is 0 Å². The maximum absolute atomic E-state index is 13.1. The zero-order valence-electron chi connectivity index (χ0n) is 19.2. The van der Waals surface area contributed by atoms with Crippen LogP contribution in [-0.2, 0) is 20.9 Å². The smallest absolute Gasteiger partial charge is 0.259 e. The van der Waals surface area contributed by atoms with Crippen molar-refractivity contribution < 1.29 is 19.4 Å². The number of morpholine rings is 1. The number of hydrogen-bond acceptors (Lipinski definition) is 5. The number of aryl methyl sites for hydroxylation is 1. The second-order valence-corrected chi connectivity index (χ2v) is 9.03. The molecule has 0 aliphatic carbocycles. The summed E-state index contributed by atoms with van der Waals surface area (Å²) in [7, 11) is 0. The van der Waals surface area contributed by atoms with Crippen LogP contribution in [-0.4, -0.2) is 64.2 Å². The molecule has 2 aromatic heterocycles. The number of imide groups is 1. The third-order valence-electron chi connectivity index (χ3n) is 6.90. The SMILES string of the molecule is O=C1NC(=O)C(c2cn(CCCN3CCOCC3)c3ccc(O)cc23)=C1c1c[nH]c2ccccc12. The van der Waals surface area contributed by atoms with E-state index in [1.54, 1.807) is 18.3 Å². The number of ether oxygens (including phenoxy) is 1. The van der Waals surface area contributed by atoms with Gasteiger partial charge in [-0.2, -0.15) is 0 Å². The Morgan fingerprint density at radius 3 is 2.51 bits per heavy atom. The topological polar surface area (TPSA) is 99.6 Å². The third-order valence-corrected chi connectivity index (χ3v) is 6.90. The van der Waals surface area contributed by atoms with Gasteiger partial charge in [0.25, 0.3) is 11.8 Å². The largest absolute Gasteiger partial charge is 0.508 e. The lowest BCUT2D eigenvalue weighted by Crippen LogP contribution is -2.37. The van der Waals surface area contributed by atoms with Crippen molar-refractivity contribution in [1.29, 1.82) is 0 Å². The number of aromatic hydroxyl groups is 1. The molecule has 178 valence electrons. The summed E-state index contributed by atoms with van der Waals surface area (Å²) in [5.74, 6) is -0.724. The van der Waals surface area contributed by atoms with Gasteiger partial charge in [-0.05, 0) is 30.7 Å². The van der Waals surface area contributed by atoms with Crippen molar-refractivity contribution in [1.82, 2.24) is 19.8 Å². The lowest BCUT2D eigenvalue weighted by atomic mass is 9.95. The van der Waals surface area contributed by atoms with Crippen molar-refractivity contribution in [3.8, 4) is 5.75 Å². The van der Waals surface area contributed by atoms with Gasteiger partial charge < -0.3 is 19.4 Å². The Labute approximate surface area is 201 Å². The van der Waals surface area contributed by atoms with Gasteiger partial charge in [0.15, 0.2) is 0 Å². The number of carbonyl (C=O) groups is 2. The highest BCUT2D eigenvalue weighted by Crippen LogP contribution is 2.39. The fraction of sp³-hybridized carbons (Fsp3) is 0.259. The Bertz CT molecular complexity index is 1490. The number of nitrogens with zero attached hydrogens (tertiary/aromatic N) is 2. The molecule has 35 heavy (non-hydrogen) atoms. The molecule has 3 N–H and O–H groups in total. The maximum atomic E-state index is 13.1. The number of rotatable bonds is 6. The first kappa shape index (κ1) is 21.6. The van der Waals surface area contributed by atoms with Gasteiger partial charge in [-0.15, -0.1) is 0 Å². The third kappa shape index (κ3) is 3.80. The van der Waals surface area contributed by atoms with Crippen LogP contribution < -0.4 is 5.32 Å². The van der Waals surface area contributed by atoms with E-state index in [1.165, 1.54) is 0 Å². The monoisotopic (exact) mass is 470 g/mol. The summed E-state index contributed by atoms with van der Waals surface area (Å²) >= 11 is 0. The van der Waals surface area contributed by atoms with E-state index in [1.807, 2.05) is 36.5 Å². The highest BCUT2D eigenvalue weighted by molar-refractivity contribution is 6.50. The predicted molar refractivity (Wildman–Crippen MR) is 134 cm³/mol. The van der Waals surface area contributed by atoms with Crippen molar-refractivity contribution in [3.05, 3.63) is 66.0 Å². The number of amides is 2. The number of fused-ring (bicyclic) bond motifs is 2. The fourth-order valence-electron chi connectivity index (χ4n) is 5.21. The predicted octanol–water partition coefficient (Wildman–Crippen LogP) is 3.12. The second kappa shape index (κ2) is 8.72. The Morgan fingerprint density at radius 2 is 1.69 bits per heavy atom. The zero-order valence-corrected chi connectivity index (χ0v) is 19.2. The second-order valence-electron chi connectivity index (χ2n) is 9.03. The molecule has 6 rings (SSSR count). The van der Waals surface area contributed by atoms with Gasteiger partial charge in [0.05, 0.1) is 24.4 Å². The van der Waals surface area contributed by atoms with Crippen molar-refractivity contribution >= 4 is 44.8 Å². The molecular formula is C27H26N4O4. The molecule has 0 spiro atoms. The van der Waals surface area contributed by atoms with Crippen molar-refractivity contribution in [2.45, 2.75) is 13.0 Å². The van der Waals surface area contributed by atoms with Crippen LogP contribution in [0.5, 0.6) is 5.75 Å². The van der Waals surface area contributed by atoms with E-state index in [-0.39, 0.29) is 5.75 Å². The van der Waals surface area contributed by atoms with Gasteiger partial charge in [-0.3, -0.25) is 19.8 Å². The van der Waals surface area contributed by atoms with Gasteiger partial charge in [0.2, 0.25) is 0 Å². The Kier molecular flexibility index (Phi) is 5.39. The van der Waals surface area contributed by atoms with Crippen LogP contribution in [0.2, 0.25) is 0 Å². The van der Waals surface area contributed by atoms with Crippen LogP contribution in [0.1, 0.15) is 17.5 Å². The molecule has 0 unspecified atom stereocenters. The molecule has 2 amide bonds. The van der Waals surface area contributed by atoms with Crippen molar-refractivity contribution in [2.75, 3.05) is 32.8 Å². The lowest BCUT2D eigenvalue weighted by molar-refractivity contribution is -0.122. The minimum Gasteiger partial charge on any atom is -0.508 e. The molecule has 4 heterocycles. The maximum Gasteiger partial charge on any atom is 0.259 e. The molecule has 8 nitrogen and oxygen atoms in total. The van der Waals surface area contributed by atoms with Crippen LogP contribution in [0.15, 0.2) is 54.9 Å². The summed E-state index contributed by atoms with van der Waals surface area (Å²) in [5, 5.41) is 14.4. The average Bonchev–Trinajstić information content (AvgIpc) is 3.52. The molecule has 0 atom stereocenters. The van der Waals surface area contributed by atoms with Crippen LogP contribution in [0.25, 0.3) is 33.0 Å². The van der Waals surface area contributed by atoms with Crippen LogP contribution in [0.4, 0.5) is 0 Å². The Hall–Kier alpha value is -3.88. The van der Waals surface area contributed by atoms with E-state index in [9.17, 15) is 14.7 Å². The molecule has 2 aromatic carbocycles. The molecule has 0 bridgehead atoms. The molecule has 8 heteroatoms. The minimum absolute atomic E-state index is 0.115. The molecular weight excluding hydrogens is 444 g/mol. The van der Waals surface area contributed by atoms with E-state index in [4.69, 9.17) is 4.74 Å². The summed E-state index contributed by atoms with van der Waals surface area (Å²) in [5.41, 5.74) is 3.83. The van der Waals surface area contributed by atoms with Crippen molar-refractivity contribution in [2.24, 2.45) is 0 Å². The van der Waals surface area contributed by atoms with E-state index in [0.29, 0.717) is 22.3 Å². The van der Waals surface area contributed by atoms with Gasteiger partial charge >= 0.3 is 0 Å². The number of para-hydroxylation sites is 1. The number of nitrogens with one attached hydrogen (secondary N) is 2. The molecule has 1 fully saturated rings. The highest BCUT2D eigenvalue weighted by Gasteiger charge is 2.35. The summed E-state index contributed by atoms with van der Waals surface area (Å²) in [6.45, 7) is 5.12. The van der Waals surface area contributed by atoms with Gasteiger partial charge in [0.1, 0.15) is 5.75 Å². The van der Waals surface area contributed by atoms with E-state index in [2.05, 4.69) is 19.8 Å². The van der Waals surface area contributed by atoms with E-state index < -0.39 is 11.8 Å². The van der Waals surface area contributed by atoms with Gasteiger partial charge in [-0.25, -0.2) is 0 Å². The summed E-state index contributed by atoms with van der Waals surface area (Å²) < 4.78 is 7.55. The Balaban J connectivity index is 1.44. The molecule has 0 saturated carbocycles. The summed E-state index contributed by atoms with van der Waals surface area (Å²) in [6, 6.07) is 12.9. The summed E-state index contributed by atoms with van der Waals surface area (Å²) in [6.07, 6.45) is 4.65. The number of aromatic nitrogens is 2. The number of carbonyl (C=O) groups excluding carboxylic acids is 2. The number of H-pyrrole nitrogens is 1. The van der Waals surface area contributed by atoms with E-state index >= 15 is 0 Å². The van der Waals surface area contributed by atoms with Gasteiger partial charge in [0, 0.05) is 71.5 Å². The van der Waals surface area contributed by atoms with Crippen LogP contribution >= 0.6 is 0 Å². The first-order chi connectivity index (χ1) is 17.1. The minimum atomic E-state index is -0.425. The standard InChI is InChI=1S/C27H26N4O4/c32-17-6-7-23-19(14-17)21(16-31(23)9-3-8-30-10-12-35-13-11-30)25-24(26(33)29-27(25)34)20-15-28-22-5-2-1-4-18(20)22/h1-2,4-7,14-16,28,32H,3,8-13H2,(H,29,33,34). The normalized spacial score (nSPS) is 17.1. The Morgan fingerprint density at radius 1 is 0.914 bits per heavy atom.